The Hall–Kier alpha value is -3.61. The number of nitrogens with zero attached hydrogens (tertiary/aromatic N) is 2. The van der Waals surface area contributed by atoms with Gasteiger partial charge in [-0.1, -0.05) is 30.3 Å². The quantitative estimate of drug-likeness (QED) is 0.750. The van der Waals surface area contributed by atoms with Gasteiger partial charge in [0.2, 0.25) is 5.88 Å². The highest BCUT2D eigenvalue weighted by molar-refractivity contribution is 6.03. The Balaban J connectivity index is 1.43. The van der Waals surface area contributed by atoms with E-state index in [9.17, 15) is 4.79 Å². The van der Waals surface area contributed by atoms with E-state index in [0.29, 0.717) is 42.9 Å². The van der Waals surface area contributed by atoms with Crippen LogP contribution in [-0.4, -0.2) is 29.1 Å². The molecule has 0 spiro atoms. The Morgan fingerprint density at radius 2 is 1.81 bits per heavy atom. The number of amides is 1. The number of hydrogen-bond donors (Lipinski definition) is 1. The first kappa shape index (κ1) is 16.8. The molecule has 0 radical (unpaired) electrons. The van der Waals surface area contributed by atoms with Crippen LogP contribution in [0.1, 0.15) is 16.1 Å². The standard InChI is InChI=1S/C20H17N3O4/c24-20(23-15-6-7-17-18(10-15)26-9-8-25-17)16-11-19(22-13-21-16)27-12-14-4-2-1-3-5-14/h1-7,10-11,13H,8-9,12H2,(H,23,24). The summed E-state index contributed by atoms with van der Waals surface area (Å²) in [5, 5.41) is 2.79. The molecule has 0 bridgehead atoms. The minimum absolute atomic E-state index is 0.211. The van der Waals surface area contributed by atoms with E-state index in [1.54, 1.807) is 18.2 Å². The molecule has 1 aliphatic heterocycles. The lowest BCUT2D eigenvalue weighted by atomic mass is 10.2. The number of carbonyl (C=O) groups is 1. The summed E-state index contributed by atoms with van der Waals surface area (Å²) in [4.78, 5) is 20.6. The zero-order chi connectivity index (χ0) is 18.5. The predicted octanol–water partition coefficient (Wildman–Crippen LogP) is 3.08. The van der Waals surface area contributed by atoms with Crippen LogP contribution >= 0.6 is 0 Å². The predicted molar refractivity (Wildman–Crippen MR) is 98.2 cm³/mol. The van der Waals surface area contributed by atoms with Crippen LogP contribution in [-0.2, 0) is 6.61 Å². The fourth-order valence-corrected chi connectivity index (χ4v) is 2.59. The van der Waals surface area contributed by atoms with Crippen LogP contribution in [0.25, 0.3) is 0 Å². The first-order valence-electron chi connectivity index (χ1n) is 8.48. The van der Waals surface area contributed by atoms with E-state index < -0.39 is 0 Å². The van der Waals surface area contributed by atoms with Crippen molar-refractivity contribution < 1.29 is 19.0 Å². The molecule has 3 aromatic rings. The second-order valence-corrected chi connectivity index (χ2v) is 5.83. The van der Waals surface area contributed by atoms with Crippen LogP contribution in [0.5, 0.6) is 17.4 Å². The van der Waals surface area contributed by atoms with Gasteiger partial charge in [0.15, 0.2) is 11.5 Å². The third-order valence-corrected chi connectivity index (χ3v) is 3.90. The van der Waals surface area contributed by atoms with Crippen molar-refractivity contribution >= 4 is 11.6 Å². The summed E-state index contributed by atoms with van der Waals surface area (Å²) in [6.45, 7) is 1.37. The third kappa shape index (κ3) is 4.14. The molecule has 0 fully saturated rings. The van der Waals surface area contributed by atoms with Crippen molar-refractivity contribution in [2.24, 2.45) is 0 Å². The molecule has 1 N–H and O–H groups in total. The van der Waals surface area contributed by atoms with E-state index in [0.717, 1.165) is 5.56 Å². The number of anilines is 1. The topological polar surface area (TPSA) is 82.6 Å². The van der Waals surface area contributed by atoms with Gasteiger partial charge < -0.3 is 19.5 Å². The highest BCUT2D eigenvalue weighted by Gasteiger charge is 2.14. The Bertz CT molecular complexity index is 947. The molecule has 4 rings (SSSR count). The molecule has 27 heavy (non-hydrogen) atoms. The summed E-state index contributed by atoms with van der Waals surface area (Å²) in [6, 6.07) is 16.5. The Labute approximate surface area is 155 Å². The fourth-order valence-electron chi connectivity index (χ4n) is 2.59. The molecule has 0 saturated carbocycles. The Morgan fingerprint density at radius 1 is 1.00 bits per heavy atom. The van der Waals surface area contributed by atoms with Crippen molar-refractivity contribution in [3.63, 3.8) is 0 Å². The normalized spacial score (nSPS) is 12.3. The number of benzene rings is 2. The summed E-state index contributed by atoms with van der Waals surface area (Å²) in [6.07, 6.45) is 1.30. The van der Waals surface area contributed by atoms with Gasteiger partial charge in [0, 0.05) is 17.8 Å². The Morgan fingerprint density at radius 3 is 2.67 bits per heavy atom. The number of aromatic nitrogens is 2. The van der Waals surface area contributed by atoms with Crippen LogP contribution in [0, 0.1) is 0 Å². The molecule has 0 unspecified atom stereocenters. The van der Waals surface area contributed by atoms with Gasteiger partial charge in [0.25, 0.3) is 5.91 Å². The molecule has 1 aromatic heterocycles. The average Bonchev–Trinajstić information content (AvgIpc) is 2.73. The molecule has 7 nitrogen and oxygen atoms in total. The van der Waals surface area contributed by atoms with E-state index in [4.69, 9.17) is 14.2 Å². The van der Waals surface area contributed by atoms with Crippen molar-refractivity contribution in [1.29, 1.82) is 0 Å². The van der Waals surface area contributed by atoms with Crippen molar-refractivity contribution in [2.75, 3.05) is 18.5 Å². The van der Waals surface area contributed by atoms with Crippen molar-refractivity contribution in [3.8, 4) is 17.4 Å². The second kappa shape index (κ2) is 7.74. The van der Waals surface area contributed by atoms with Gasteiger partial charge in [-0.25, -0.2) is 9.97 Å². The minimum atomic E-state index is -0.362. The summed E-state index contributed by atoms with van der Waals surface area (Å²) < 4.78 is 16.6. The number of hydrogen-bond acceptors (Lipinski definition) is 6. The molecule has 0 saturated heterocycles. The molecular weight excluding hydrogens is 346 g/mol. The maximum Gasteiger partial charge on any atom is 0.274 e. The molecule has 7 heteroatoms. The van der Waals surface area contributed by atoms with E-state index >= 15 is 0 Å². The summed E-state index contributed by atoms with van der Waals surface area (Å²) in [5.41, 5.74) is 1.82. The molecule has 0 atom stereocenters. The van der Waals surface area contributed by atoms with Gasteiger partial charge in [-0.2, -0.15) is 0 Å². The second-order valence-electron chi connectivity index (χ2n) is 5.83. The zero-order valence-corrected chi connectivity index (χ0v) is 14.4. The van der Waals surface area contributed by atoms with Gasteiger partial charge in [-0.15, -0.1) is 0 Å². The molecule has 0 aliphatic carbocycles. The van der Waals surface area contributed by atoms with E-state index in [2.05, 4.69) is 15.3 Å². The van der Waals surface area contributed by atoms with Crippen LogP contribution in [0.4, 0.5) is 5.69 Å². The van der Waals surface area contributed by atoms with Gasteiger partial charge in [0.05, 0.1) is 0 Å². The first-order chi connectivity index (χ1) is 13.3. The van der Waals surface area contributed by atoms with Crippen LogP contribution in [0.2, 0.25) is 0 Å². The van der Waals surface area contributed by atoms with E-state index in [1.807, 2.05) is 30.3 Å². The van der Waals surface area contributed by atoms with Crippen molar-refractivity contribution in [3.05, 3.63) is 72.2 Å². The smallest absolute Gasteiger partial charge is 0.274 e. The van der Waals surface area contributed by atoms with E-state index in [-0.39, 0.29) is 11.6 Å². The lowest BCUT2D eigenvalue weighted by Gasteiger charge is -2.18. The van der Waals surface area contributed by atoms with Crippen LogP contribution < -0.4 is 19.5 Å². The zero-order valence-electron chi connectivity index (χ0n) is 14.4. The van der Waals surface area contributed by atoms with Gasteiger partial charge in [-0.3, -0.25) is 4.79 Å². The molecule has 2 heterocycles. The first-order valence-corrected chi connectivity index (χ1v) is 8.48. The largest absolute Gasteiger partial charge is 0.486 e. The molecule has 136 valence electrons. The van der Waals surface area contributed by atoms with Gasteiger partial charge >= 0.3 is 0 Å². The summed E-state index contributed by atoms with van der Waals surface area (Å²) in [7, 11) is 0. The minimum Gasteiger partial charge on any atom is -0.486 e. The highest BCUT2D eigenvalue weighted by atomic mass is 16.6. The summed E-state index contributed by atoms with van der Waals surface area (Å²) >= 11 is 0. The highest BCUT2D eigenvalue weighted by Crippen LogP contribution is 2.32. The number of fused-ring (bicyclic) bond motifs is 1. The van der Waals surface area contributed by atoms with Crippen molar-refractivity contribution in [1.82, 2.24) is 9.97 Å². The van der Waals surface area contributed by atoms with E-state index in [1.165, 1.54) is 12.4 Å². The lowest BCUT2D eigenvalue weighted by Crippen LogP contribution is -2.17. The third-order valence-electron chi connectivity index (χ3n) is 3.90. The molecule has 1 amide bonds. The number of ether oxygens (including phenoxy) is 3. The summed E-state index contributed by atoms with van der Waals surface area (Å²) in [5.74, 6) is 1.24. The Kier molecular flexibility index (Phi) is 4.82. The number of carbonyl (C=O) groups excluding carboxylic acids is 1. The van der Waals surface area contributed by atoms with Crippen molar-refractivity contribution in [2.45, 2.75) is 6.61 Å². The fraction of sp³-hybridized carbons (Fsp3) is 0.150. The lowest BCUT2D eigenvalue weighted by molar-refractivity contribution is 0.102. The SMILES string of the molecule is O=C(Nc1ccc2c(c1)OCCO2)c1cc(OCc2ccccc2)ncn1. The molecular formula is C20H17N3O4. The maximum absolute atomic E-state index is 12.5. The van der Waals surface area contributed by atoms with Crippen LogP contribution in [0.3, 0.4) is 0 Å². The van der Waals surface area contributed by atoms with Gasteiger partial charge in [0.1, 0.15) is 31.8 Å². The molecule has 1 aliphatic rings. The average molecular weight is 363 g/mol. The number of rotatable bonds is 5. The van der Waals surface area contributed by atoms with Crippen LogP contribution in [0.15, 0.2) is 60.9 Å². The molecule has 2 aromatic carbocycles. The number of nitrogens with one attached hydrogen (secondary N) is 1. The maximum atomic E-state index is 12.5. The monoisotopic (exact) mass is 363 g/mol. The van der Waals surface area contributed by atoms with Gasteiger partial charge in [-0.05, 0) is 17.7 Å².